The number of hydrogen-bond donors (Lipinski definition) is 1. The monoisotopic (exact) mass is 238 g/mol. The predicted octanol–water partition coefficient (Wildman–Crippen LogP) is 1.63. The third-order valence-corrected chi connectivity index (χ3v) is 4.97. The topological polar surface area (TPSA) is 24.5 Å². The molecule has 3 aliphatic heterocycles. The summed E-state index contributed by atoms with van der Waals surface area (Å²) < 4.78 is 5.93. The maximum absolute atomic E-state index is 5.93. The van der Waals surface area contributed by atoms with Crippen LogP contribution in [0.15, 0.2) is 0 Å². The molecule has 3 nitrogen and oxygen atoms in total. The molecule has 3 heteroatoms. The minimum Gasteiger partial charge on any atom is -0.373 e. The summed E-state index contributed by atoms with van der Waals surface area (Å²) in [6.45, 7) is 8.39. The van der Waals surface area contributed by atoms with Crippen molar-refractivity contribution in [3.63, 3.8) is 0 Å². The van der Waals surface area contributed by atoms with Gasteiger partial charge in [0.2, 0.25) is 0 Å². The Kier molecular flexibility index (Phi) is 3.42. The maximum Gasteiger partial charge on any atom is 0.0733 e. The van der Waals surface area contributed by atoms with Crippen LogP contribution in [0.4, 0.5) is 0 Å². The van der Waals surface area contributed by atoms with Crippen molar-refractivity contribution in [1.29, 1.82) is 0 Å². The summed E-state index contributed by atoms with van der Waals surface area (Å²) in [4.78, 5) is 2.57. The number of nitrogens with one attached hydrogen (secondary N) is 1. The molecule has 3 heterocycles. The van der Waals surface area contributed by atoms with E-state index in [4.69, 9.17) is 4.74 Å². The molecule has 0 spiro atoms. The Balaban J connectivity index is 1.52. The van der Waals surface area contributed by atoms with Crippen molar-refractivity contribution in [1.82, 2.24) is 10.2 Å². The molecule has 0 aliphatic carbocycles. The van der Waals surface area contributed by atoms with E-state index in [-0.39, 0.29) is 0 Å². The van der Waals surface area contributed by atoms with Gasteiger partial charge in [0.05, 0.1) is 12.2 Å². The first-order valence-corrected chi connectivity index (χ1v) is 7.40. The average molecular weight is 238 g/mol. The average Bonchev–Trinajstić information content (AvgIpc) is 2.93. The van der Waals surface area contributed by atoms with Crippen LogP contribution in [0.1, 0.15) is 39.5 Å². The third-order valence-electron chi connectivity index (χ3n) is 4.97. The summed E-state index contributed by atoms with van der Waals surface area (Å²) in [6, 6.07) is 1.36. The van der Waals surface area contributed by atoms with E-state index in [9.17, 15) is 0 Å². The van der Waals surface area contributed by atoms with Crippen molar-refractivity contribution in [2.75, 3.05) is 19.6 Å². The molecule has 0 amide bonds. The van der Waals surface area contributed by atoms with Crippen LogP contribution in [0.5, 0.6) is 0 Å². The molecule has 0 aromatic rings. The Morgan fingerprint density at radius 2 is 2.12 bits per heavy atom. The summed E-state index contributed by atoms with van der Waals surface area (Å²) in [5.74, 6) is 0.780. The molecular formula is C14H26N2O. The van der Waals surface area contributed by atoms with E-state index in [2.05, 4.69) is 24.1 Å². The van der Waals surface area contributed by atoms with Gasteiger partial charge in [0, 0.05) is 18.6 Å². The number of piperidine rings is 1. The Bertz CT molecular complexity index is 271. The molecule has 17 heavy (non-hydrogen) atoms. The molecule has 3 saturated heterocycles. The van der Waals surface area contributed by atoms with Gasteiger partial charge in [-0.3, -0.25) is 0 Å². The Morgan fingerprint density at radius 3 is 2.71 bits per heavy atom. The van der Waals surface area contributed by atoms with Crippen LogP contribution < -0.4 is 5.32 Å². The Morgan fingerprint density at radius 1 is 1.24 bits per heavy atom. The van der Waals surface area contributed by atoms with E-state index in [1.54, 1.807) is 0 Å². The number of hydrogen-bond acceptors (Lipinski definition) is 3. The van der Waals surface area contributed by atoms with Gasteiger partial charge in [-0.05, 0) is 44.7 Å². The molecule has 0 unspecified atom stereocenters. The van der Waals surface area contributed by atoms with Gasteiger partial charge >= 0.3 is 0 Å². The number of ether oxygens (including phenoxy) is 1. The van der Waals surface area contributed by atoms with Crippen LogP contribution in [-0.4, -0.2) is 48.8 Å². The number of likely N-dealkylation sites (tertiary alicyclic amines) is 1. The standard InChI is InChI=1S/C14H26N2O/c1-3-16-7-6-12(10(2)9-16)15-13-8-11-4-5-14(13)17-11/h10-15H,3-9H2,1-2H3/t10-,11-,12+,13+,14-/m1/s1. The van der Waals surface area contributed by atoms with Crippen molar-refractivity contribution < 1.29 is 4.74 Å². The number of fused-ring (bicyclic) bond motifs is 2. The maximum atomic E-state index is 5.93. The second kappa shape index (κ2) is 4.87. The Labute approximate surface area is 105 Å². The zero-order valence-corrected chi connectivity index (χ0v) is 11.2. The fourth-order valence-electron chi connectivity index (χ4n) is 3.85. The molecule has 0 aromatic carbocycles. The summed E-state index contributed by atoms with van der Waals surface area (Å²) in [6.07, 6.45) is 6.24. The smallest absolute Gasteiger partial charge is 0.0733 e. The summed E-state index contributed by atoms with van der Waals surface area (Å²) in [5, 5.41) is 3.89. The molecule has 2 bridgehead atoms. The van der Waals surface area contributed by atoms with E-state index < -0.39 is 0 Å². The predicted molar refractivity (Wildman–Crippen MR) is 69.1 cm³/mol. The van der Waals surface area contributed by atoms with E-state index >= 15 is 0 Å². The molecule has 98 valence electrons. The van der Waals surface area contributed by atoms with Gasteiger partial charge in [0.15, 0.2) is 0 Å². The van der Waals surface area contributed by atoms with Crippen molar-refractivity contribution in [2.45, 2.75) is 63.8 Å². The minimum absolute atomic E-state index is 0.524. The molecule has 3 rings (SSSR count). The lowest BCUT2D eigenvalue weighted by Crippen LogP contribution is -2.53. The molecule has 0 aromatic heterocycles. The highest BCUT2D eigenvalue weighted by Crippen LogP contribution is 2.35. The zero-order chi connectivity index (χ0) is 11.8. The molecule has 3 aliphatic rings. The summed E-state index contributed by atoms with van der Waals surface area (Å²) in [5.41, 5.74) is 0. The molecule has 5 atom stereocenters. The first-order valence-electron chi connectivity index (χ1n) is 7.40. The first-order chi connectivity index (χ1) is 8.26. The van der Waals surface area contributed by atoms with Gasteiger partial charge < -0.3 is 15.0 Å². The normalized spacial score (nSPS) is 46.6. The van der Waals surface area contributed by atoms with Gasteiger partial charge in [-0.2, -0.15) is 0 Å². The molecule has 0 radical (unpaired) electrons. The highest BCUT2D eigenvalue weighted by Gasteiger charge is 2.42. The van der Waals surface area contributed by atoms with Crippen molar-refractivity contribution >= 4 is 0 Å². The fourth-order valence-corrected chi connectivity index (χ4v) is 3.85. The zero-order valence-electron chi connectivity index (χ0n) is 11.2. The van der Waals surface area contributed by atoms with Gasteiger partial charge in [0.25, 0.3) is 0 Å². The second-order valence-corrected chi connectivity index (χ2v) is 6.15. The highest BCUT2D eigenvalue weighted by molar-refractivity contribution is 4.96. The largest absolute Gasteiger partial charge is 0.373 e. The van der Waals surface area contributed by atoms with Crippen molar-refractivity contribution in [2.24, 2.45) is 5.92 Å². The van der Waals surface area contributed by atoms with E-state index in [1.165, 1.54) is 45.3 Å². The first kappa shape index (κ1) is 11.9. The number of nitrogens with zero attached hydrogens (tertiary/aromatic N) is 1. The van der Waals surface area contributed by atoms with Gasteiger partial charge in [-0.25, -0.2) is 0 Å². The van der Waals surface area contributed by atoms with E-state index in [0.717, 1.165) is 5.92 Å². The Hall–Kier alpha value is -0.120. The van der Waals surface area contributed by atoms with Crippen LogP contribution in [0, 0.1) is 5.92 Å². The van der Waals surface area contributed by atoms with Crippen LogP contribution in [0.2, 0.25) is 0 Å². The van der Waals surface area contributed by atoms with Gasteiger partial charge in [0.1, 0.15) is 0 Å². The molecule has 3 fully saturated rings. The van der Waals surface area contributed by atoms with Crippen LogP contribution in [0.3, 0.4) is 0 Å². The molecule has 0 saturated carbocycles. The van der Waals surface area contributed by atoms with Gasteiger partial charge in [-0.1, -0.05) is 13.8 Å². The van der Waals surface area contributed by atoms with Crippen molar-refractivity contribution in [3.8, 4) is 0 Å². The van der Waals surface area contributed by atoms with Crippen molar-refractivity contribution in [3.05, 3.63) is 0 Å². The summed E-state index contributed by atoms with van der Waals surface area (Å²) in [7, 11) is 0. The SMILES string of the molecule is CCN1CC[C@H](N[C@H]2C[C@H]3CC[C@H]2O3)[C@H](C)C1. The lowest BCUT2D eigenvalue weighted by atomic mass is 9.89. The summed E-state index contributed by atoms with van der Waals surface area (Å²) >= 11 is 0. The lowest BCUT2D eigenvalue weighted by Gasteiger charge is -2.39. The fraction of sp³-hybridized carbons (Fsp3) is 1.00. The highest BCUT2D eigenvalue weighted by atomic mass is 16.5. The van der Waals surface area contributed by atoms with Crippen LogP contribution >= 0.6 is 0 Å². The minimum atomic E-state index is 0.524. The second-order valence-electron chi connectivity index (χ2n) is 6.15. The number of rotatable bonds is 3. The van der Waals surface area contributed by atoms with Crippen LogP contribution in [-0.2, 0) is 4.74 Å². The molecule has 1 N–H and O–H groups in total. The molecular weight excluding hydrogens is 212 g/mol. The van der Waals surface area contributed by atoms with E-state index in [1.807, 2.05) is 0 Å². The third kappa shape index (κ3) is 2.38. The van der Waals surface area contributed by atoms with Gasteiger partial charge in [-0.15, -0.1) is 0 Å². The van der Waals surface area contributed by atoms with E-state index in [0.29, 0.717) is 24.3 Å². The lowest BCUT2D eigenvalue weighted by molar-refractivity contribution is 0.0888. The van der Waals surface area contributed by atoms with Crippen LogP contribution in [0.25, 0.3) is 0 Å². The quantitative estimate of drug-likeness (QED) is 0.809.